The van der Waals surface area contributed by atoms with Crippen LogP contribution in [0.4, 0.5) is 17.6 Å². The molecule has 0 saturated carbocycles. The van der Waals surface area contributed by atoms with Crippen LogP contribution in [0.1, 0.15) is 6.92 Å². The van der Waals surface area contributed by atoms with E-state index in [0.717, 1.165) is 0 Å². The zero-order valence-corrected chi connectivity index (χ0v) is 9.77. The summed E-state index contributed by atoms with van der Waals surface area (Å²) < 4.78 is 56.4. The monoisotopic (exact) mass is 265 g/mol. The number of nitrogens with zero attached hydrogens (tertiary/aromatic N) is 1. The minimum Gasteiger partial charge on any atom is -0.477 e. The predicted molar refractivity (Wildman–Crippen MR) is 55.1 cm³/mol. The predicted octanol–water partition coefficient (Wildman–Crippen LogP) is 2.10. The lowest BCUT2D eigenvalue weighted by atomic mass is 10.3. The van der Waals surface area contributed by atoms with Gasteiger partial charge in [-0.1, -0.05) is 0 Å². The molecule has 0 aliphatic carbocycles. The van der Waals surface area contributed by atoms with Gasteiger partial charge >= 0.3 is 0 Å². The van der Waals surface area contributed by atoms with Gasteiger partial charge in [0.2, 0.25) is 11.6 Å². The van der Waals surface area contributed by atoms with Crippen LogP contribution in [0.25, 0.3) is 0 Å². The zero-order valence-electron chi connectivity index (χ0n) is 9.77. The molecule has 0 aromatic heterocycles. The number of hydrogen-bond donors (Lipinski definition) is 0. The second-order valence-electron chi connectivity index (χ2n) is 3.49. The molecule has 0 heterocycles. The Morgan fingerprint density at radius 2 is 1.72 bits per heavy atom. The number of ether oxygens (including phenoxy) is 1. The van der Waals surface area contributed by atoms with Crippen molar-refractivity contribution in [2.75, 3.05) is 20.2 Å². The van der Waals surface area contributed by atoms with Gasteiger partial charge in [0.1, 0.15) is 0 Å². The standard InChI is InChI=1S/C11H11F4NO2/c1-3-16(2)8(17)5-18-11-9(14)6(12)4-7(13)10(11)15/h4H,3,5H2,1-2H3. The van der Waals surface area contributed by atoms with E-state index in [2.05, 4.69) is 4.74 Å². The van der Waals surface area contributed by atoms with Crippen molar-refractivity contribution >= 4 is 5.91 Å². The van der Waals surface area contributed by atoms with E-state index in [1.54, 1.807) is 6.92 Å². The highest BCUT2D eigenvalue weighted by Gasteiger charge is 2.21. The Bertz CT molecular complexity index is 439. The number of amides is 1. The summed E-state index contributed by atoms with van der Waals surface area (Å²) in [6.07, 6.45) is 0. The quantitative estimate of drug-likeness (QED) is 0.616. The molecule has 0 aliphatic heterocycles. The number of carbonyl (C=O) groups excluding carboxylic acids is 1. The number of carbonyl (C=O) groups is 1. The Morgan fingerprint density at radius 1 is 1.22 bits per heavy atom. The van der Waals surface area contributed by atoms with Crippen molar-refractivity contribution in [1.29, 1.82) is 0 Å². The summed E-state index contributed by atoms with van der Waals surface area (Å²) in [5.41, 5.74) is 0. The average Bonchev–Trinajstić information content (AvgIpc) is 2.35. The van der Waals surface area contributed by atoms with Crippen molar-refractivity contribution in [2.24, 2.45) is 0 Å². The molecule has 0 aliphatic rings. The van der Waals surface area contributed by atoms with Gasteiger partial charge in [0, 0.05) is 19.7 Å². The largest absolute Gasteiger partial charge is 0.477 e. The SMILES string of the molecule is CCN(C)C(=O)COc1c(F)c(F)cc(F)c1F. The lowest BCUT2D eigenvalue weighted by molar-refractivity contribution is -0.131. The second kappa shape index (κ2) is 5.70. The Labute approximate surface area is 101 Å². The molecule has 0 radical (unpaired) electrons. The van der Waals surface area contributed by atoms with Crippen LogP contribution < -0.4 is 4.74 Å². The lowest BCUT2D eigenvalue weighted by Gasteiger charge is -2.15. The van der Waals surface area contributed by atoms with E-state index in [4.69, 9.17) is 0 Å². The maximum absolute atomic E-state index is 13.1. The summed E-state index contributed by atoms with van der Waals surface area (Å²) in [5.74, 6) is -8.30. The second-order valence-corrected chi connectivity index (χ2v) is 3.49. The van der Waals surface area contributed by atoms with Crippen molar-refractivity contribution < 1.29 is 27.1 Å². The third-order valence-electron chi connectivity index (χ3n) is 2.31. The first kappa shape index (κ1) is 14.3. The lowest BCUT2D eigenvalue weighted by Crippen LogP contribution is -2.31. The third kappa shape index (κ3) is 2.91. The Balaban J connectivity index is 2.89. The number of hydrogen-bond acceptors (Lipinski definition) is 2. The smallest absolute Gasteiger partial charge is 0.260 e. The van der Waals surface area contributed by atoms with Crippen LogP contribution in [0.5, 0.6) is 5.75 Å². The molecule has 3 nitrogen and oxygen atoms in total. The van der Waals surface area contributed by atoms with Crippen LogP contribution in [0.2, 0.25) is 0 Å². The summed E-state index contributed by atoms with van der Waals surface area (Å²) in [6, 6.07) is 0.0670. The van der Waals surface area contributed by atoms with E-state index < -0.39 is 41.5 Å². The highest BCUT2D eigenvalue weighted by molar-refractivity contribution is 5.77. The van der Waals surface area contributed by atoms with E-state index in [-0.39, 0.29) is 6.07 Å². The summed E-state index contributed by atoms with van der Waals surface area (Å²) in [6.45, 7) is 1.34. The molecule has 0 spiro atoms. The number of rotatable bonds is 4. The molecule has 0 fully saturated rings. The van der Waals surface area contributed by atoms with E-state index in [1.165, 1.54) is 11.9 Å². The highest BCUT2D eigenvalue weighted by Crippen LogP contribution is 2.26. The maximum atomic E-state index is 13.1. The summed E-state index contributed by atoms with van der Waals surface area (Å²) >= 11 is 0. The fourth-order valence-electron chi connectivity index (χ4n) is 1.10. The van der Waals surface area contributed by atoms with E-state index in [1.807, 2.05) is 0 Å². The average molecular weight is 265 g/mol. The van der Waals surface area contributed by atoms with Gasteiger partial charge < -0.3 is 9.64 Å². The normalized spacial score (nSPS) is 10.3. The summed E-state index contributed by atoms with van der Waals surface area (Å²) in [5, 5.41) is 0. The van der Waals surface area contributed by atoms with Crippen molar-refractivity contribution in [2.45, 2.75) is 6.92 Å². The Hall–Kier alpha value is -1.79. The van der Waals surface area contributed by atoms with E-state index >= 15 is 0 Å². The highest BCUT2D eigenvalue weighted by atomic mass is 19.2. The van der Waals surface area contributed by atoms with E-state index in [0.29, 0.717) is 6.54 Å². The van der Waals surface area contributed by atoms with Gasteiger partial charge in [0.15, 0.2) is 24.0 Å². The van der Waals surface area contributed by atoms with Gasteiger partial charge in [0.05, 0.1) is 0 Å². The minimum absolute atomic E-state index is 0.0670. The Kier molecular flexibility index (Phi) is 4.52. The van der Waals surface area contributed by atoms with Gasteiger partial charge in [-0.25, -0.2) is 8.78 Å². The molecule has 1 aromatic carbocycles. The van der Waals surface area contributed by atoms with Crippen molar-refractivity contribution in [3.63, 3.8) is 0 Å². The molecule has 0 bridgehead atoms. The van der Waals surface area contributed by atoms with Crippen LogP contribution >= 0.6 is 0 Å². The van der Waals surface area contributed by atoms with Gasteiger partial charge in [-0.2, -0.15) is 8.78 Å². The van der Waals surface area contributed by atoms with Gasteiger partial charge in [-0.3, -0.25) is 4.79 Å². The van der Waals surface area contributed by atoms with Crippen LogP contribution in [0, 0.1) is 23.3 Å². The Morgan fingerprint density at radius 3 is 2.17 bits per heavy atom. The molecular weight excluding hydrogens is 254 g/mol. The molecular formula is C11H11F4NO2. The van der Waals surface area contributed by atoms with E-state index in [9.17, 15) is 22.4 Å². The number of halogens is 4. The first-order valence-corrected chi connectivity index (χ1v) is 5.08. The van der Waals surface area contributed by atoms with Gasteiger partial charge in [-0.15, -0.1) is 0 Å². The van der Waals surface area contributed by atoms with Crippen molar-refractivity contribution in [3.05, 3.63) is 29.3 Å². The van der Waals surface area contributed by atoms with Crippen molar-refractivity contribution in [3.8, 4) is 5.75 Å². The molecule has 0 N–H and O–H groups in total. The minimum atomic E-state index is -1.67. The molecule has 18 heavy (non-hydrogen) atoms. The zero-order chi connectivity index (χ0) is 13.9. The molecule has 1 rings (SSSR count). The fraction of sp³-hybridized carbons (Fsp3) is 0.364. The fourth-order valence-corrected chi connectivity index (χ4v) is 1.10. The number of benzene rings is 1. The topological polar surface area (TPSA) is 29.5 Å². The molecule has 100 valence electrons. The summed E-state index contributed by atoms with van der Waals surface area (Å²) in [7, 11) is 1.45. The van der Waals surface area contributed by atoms with Crippen LogP contribution in [-0.2, 0) is 4.79 Å². The third-order valence-corrected chi connectivity index (χ3v) is 2.31. The first-order chi connectivity index (χ1) is 8.38. The molecule has 7 heteroatoms. The number of likely N-dealkylation sites (N-methyl/N-ethyl adjacent to an activating group) is 1. The van der Waals surface area contributed by atoms with Crippen LogP contribution in [0.15, 0.2) is 6.07 Å². The molecule has 1 amide bonds. The van der Waals surface area contributed by atoms with Gasteiger partial charge in [-0.05, 0) is 6.92 Å². The van der Waals surface area contributed by atoms with Crippen molar-refractivity contribution in [1.82, 2.24) is 4.90 Å². The molecule has 1 aromatic rings. The molecule has 0 atom stereocenters. The maximum Gasteiger partial charge on any atom is 0.260 e. The summed E-state index contributed by atoms with van der Waals surface area (Å²) in [4.78, 5) is 12.5. The van der Waals surface area contributed by atoms with Gasteiger partial charge in [0.25, 0.3) is 5.91 Å². The van der Waals surface area contributed by atoms with Crippen LogP contribution in [-0.4, -0.2) is 31.0 Å². The molecule has 0 saturated heterocycles. The first-order valence-electron chi connectivity index (χ1n) is 5.08. The van der Waals surface area contributed by atoms with Crippen LogP contribution in [0.3, 0.4) is 0 Å². The molecule has 0 unspecified atom stereocenters.